The van der Waals surface area contributed by atoms with Gasteiger partial charge in [0.2, 0.25) is 5.91 Å². The number of allylic oxidation sites excluding steroid dienone is 2. The minimum atomic E-state index is -1.06. The van der Waals surface area contributed by atoms with E-state index in [1.165, 1.54) is 13.4 Å². The predicted octanol–water partition coefficient (Wildman–Crippen LogP) is 3.09. The highest BCUT2D eigenvalue weighted by molar-refractivity contribution is 6.12. The van der Waals surface area contributed by atoms with Crippen molar-refractivity contribution in [3.8, 4) is 11.5 Å². The van der Waals surface area contributed by atoms with Gasteiger partial charge in [0.25, 0.3) is 0 Å². The van der Waals surface area contributed by atoms with Crippen molar-refractivity contribution in [2.24, 2.45) is 5.92 Å². The lowest BCUT2D eigenvalue weighted by Gasteiger charge is -2.37. The molecule has 2 aromatic rings. The van der Waals surface area contributed by atoms with E-state index in [9.17, 15) is 14.4 Å². The molecule has 0 radical (unpaired) electrons. The smallest absolute Gasteiger partial charge is 0.317 e. The molecule has 32 heavy (non-hydrogen) atoms. The number of ether oxygens (including phenoxy) is 3. The molecule has 8 heteroatoms. The highest BCUT2D eigenvalue weighted by atomic mass is 16.5. The van der Waals surface area contributed by atoms with E-state index in [0.717, 1.165) is 0 Å². The normalized spacial score (nSPS) is 22.8. The monoisotopic (exact) mass is 439 g/mol. The molecule has 1 aromatic heterocycles. The van der Waals surface area contributed by atoms with Crippen LogP contribution in [0.3, 0.4) is 0 Å². The SMILES string of the molecule is CCOC(=O)[C@H]1C(=O)C2=C(C[C@H]1c1ccco1)NC(=O)C[C@H]2c1cc(OC)ccc1OC. The van der Waals surface area contributed by atoms with Gasteiger partial charge in [0, 0.05) is 35.1 Å². The van der Waals surface area contributed by atoms with Crippen molar-refractivity contribution in [3.63, 3.8) is 0 Å². The van der Waals surface area contributed by atoms with Gasteiger partial charge < -0.3 is 23.9 Å². The molecular weight excluding hydrogens is 414 g/mol. The summed E-state index contributed by atoms with van der Waals surface area (Å²) in [5.74, 6) is -1.78. The van der Waals surface area contributed by atoms with Crippen LogP contribution < -0.4 is 14.8 Å². The molecule has 168 valence electrons. The number of benzene rings is 1. The van der Waals surface area contributed by atoms with Crippen LogP contribution in [0.25, 0.3) is 0 Å². The molecule has 0 unspecified atom stereocenters. The fraction of sp³-hybridized carbons (Fsp3) is 0.375. The summed E-state index contributed by atoms with van der Waals surface area (Å²) in [5, 5.41) is 2.85. The predicted molar refractivity (Wildman–Crippen MR) is 113 cm³/mol. The van der Waals surface area contributed by atoms with E-state index >= 15 is 0 Å². The number of hydrogen-bond acceptors (Lipinski definition) is 7. The second-order valence-corrected chi connectivity index (χ2v) is 7.73. The van der Waals surface area contributed by atoms with Gasteiger partial charge in [-0.1, -0.05) is 0 Å². The topological polar surface area (TPSA) is 104 Å². The maximum Gasteiger partial charge on any atom is 0.317 e. The summed E-state index contributed by atoms with van der Waals surface area (Å²) in [7, 11) is 3.07. The highest BCUT2D eigenvalue weighted by Gasteiger charge is 2.49. The Morgan fingerprint density at radius 3 is 2.62 bits per heavy atom. The number of Topliss-reactive ketones (excluding diaryl/α,β-unsaturated/α-hetero) is 1. The molecule has 1 aromatic carbocycles. The van der Waals surface area contributed by atoms with Gasteiger partial charge in [0.05, 0.1) is 27.1 Å². The number of nitrogens with one attached hydrogen (secondary N) is 1. The molecule has 1 aliphatic carbocycles. The summed E-state index contributed by atoms with van der Waals surface area (Å²) in [6.45, 7) is 1.85. The standard InChI is InChI=1S/C24H25NO7/c1-4-31-24(28)22-16(19-6-5-9-32-19)11-17-21(23(22)27)15(12-20(26)25-17)14-10-13(29-2)7-8-18(14)30-3/h5-10,15-16,22H,4,11-12H2,1-3H3,(H,25,26)/t15-,16-,22+/m0/s1. The Balaban J connectivity index is 1.85. The van der Waals surface area contributed by atoms with Crippen molar-refractivity contribution < 1.29 is 33.0 Å². The molecule has 0 saturated heterocycles. The van der Waals surface area contributed by atoms with E-state index < -0.39 is 23.7 Å². The molecule has 1 aliphatic heterocycles. The third kappa shape index (κ3) is 3.77. The molecular formula is C24H25NO7. The fourth-order valence-electron chi connectivity index (χ4n) is 4.60. The summed E-state index contributed by atoms with van der Waals surface area (Å²) >= 11 is 0. The molecule has 1 amide bonds. The van der Waals surface area contributed by atoms with E-state index in [4.69, 9.17) is 18.6 Å². The van der Waals surface area contributed by atoms with Crippen LogP contribution in [0.15, 0.2) is 52.3 Å². The van der Waals surface area contributed by atoms with Gasteiger partial charge in [0.15, 0.2) is 5.78 Å². The van der Waals surface area contributed by atoms with E-state index in [-0.39, 0.29) is 31.1 Å². The number of amides is 1. The zero-order valence-electron chi connectivity index (χ0n) is 18.2. The van der Waals surface area contributed by atoms with Crippen molar-refractivity contribution in [1.82, 2.24) is 5.32 Å². The number of methoxy groups -OCH3 is 2. The van der Waals surface area contributed by atoms with Crippen LogP contribution in [-0.4, -0.2) is 38.5 Å². The van der Waals surface area contributed by atoms with Gasteiger partial charge in [-0.2, -0.15) is 0 Å². The summed E-state index contributed by atoms with van der Waals surface area (Å²) in [4.78, 5) is 39.3. The molecule has 0 fully saturated rings. The van der Waals surface area contributed by atoms with E-state index in [1.54, 1.807) is 44.4 Å². The van der Waals surface area contributed by atoms with E-state index in [2.05, 4.69) is 5.32 Å². The fourth-order valence-corrected chi connectivity index (χ4v) is 4.60. The van der Waals surface area contributed by atoms with Crippen molar-refractivity contribution in [2.45, 2.75) is 31.6 Å². The minimum Gasteiger partial charge on any atom is -0.497 e. The van der Waals surface area contributed by atoms with Crippen molar-refractivity contribution in [2.75, 3.05) is 20.8 Å². The Bertz CT molecular complexity index is 1070. The van der Waals surface area contributed by atoms with E-state index in [1.807, 2.05) is 0 Å². The highest BCUT2D eigenvalue weighted by Crippen LogP contribution is 2.47. The molecule has 0 spiro atoms. The molecule has 8 nitrogen and oxygen atoms in total. The number of rotatable bonds is 6. The Morgan fingerprint density at radius 1 is 1.16 bits per heavy atom. The largest absolute Gasteiger partial charge is 0.497 e. The first-order valence-electron chi connectivity index (χ1n) is 10.5. The van der Waals surface area contributed by atoms with Crippen molar-refractivity contribution in [1.29, 1.82) is 0 Å². The van der Waals surface area contributed by atoms with Crippen LogP contribution in [0.5, 0.6) is 11.5 Å². The average molecular weight is 439 g/mol. The molecule has 0 bridgehead atoms. The second-order valence-electron chi connectivity index (χ2n) is 7.73. The van der Waals surface area contributed by atoms with Gasteiger partial charge in [0.1, 0.15) is 23.2 Å². The van der Waals surface area contributed by atoms with Crippen LogP contribution in [0.4, 0.5) is 0 Å². The van der Waals surface area contributed by atoms with Crippen LogP contribution in [0.1, 0.15) is 42.9 Å². The molecule has 0 saturated carbocycles. The van der Waals surface area contributed by atoms with Gasteiger partial charge in [-0.3, -0.25) is 14.4 Å². The molecule has 2 aliphatic rings. The van der Waals surface area contributed by atoms with Crippen LogP contribution in [0.2, 0.25) is 0 Å². The molecule has 3 atom stereocenters. The lowest BCUT2D eigenvalue weighted by molar-refractivity contribution is -0.152. The van der Waals surface area contributed by atoms with Crippen LogP contribution in [-0.2, 0) is 19.1 Å². The van der Waals surface area contributed by atoms with Crippen LogP contribution in [0, 0.1) is 5.92 Å². The lowest BCUT2D eigenvalue weighted by Crippen LogP contribution is -2.44. The first kappa shape index (κ1) is 21.7. The van der Waals surface area contributed by atoms with Gasteiger partial charge in [-0.25, -0.2) is 0 Å². The first-order chi connectivity index (χ1) is 15.5. The molecule has 2 heterocycles. The van der Waals surface area contributed by atoms with Crippen molar-refractivity contribution >= 4 is 17.7 Å². The summed E-state index contributed by atoms with van der Waals surface area (Å²) in [6.07, 6.45) is 1.82. The Kier molecular flexibility index (Phi) is 6.03. The number of ketones is 1. The average Bonchev–Trinajstić information content (AvgIpc) is 3.32. The third-order valence-electron chi connectivity index (χ3n) is 5.99. The number of esters is 1. The summed E-state index contributed by atoms with van der Waals surface area (Å²) < 4.78 is 21.6. The zero-order valence-corrected chi connectivity index (χ0v) is 18.2. The lowest BCUT2D eigenvalue weighted by atomic mass is 9.69. The van der Waals surface area contributed by atoms with E-state index in [0.29, 0.717) is 34.1 Å². The summed E-state index contributed by atoms with van der Waals surface area (Å²) in [5.41, 5.74) is 1.56. The first-order valence-corrected chi connectivity index (χ1v) is 10.5. The molecule has 1 N–H and O–H groups in total. The second kappa shape index (κ2) is 8.90. The number of carbonyl (C=O) groups excluding carboxylic acids is 3. The zero-order chi connectivity index (χ0) is 22.8. The third-order valence-corrected chi connectivity index (χ3v) is 5.99. The van der Waals surface area contributed by atoms with Crippen LogP contribution >= 0.6 is 0 Å². The number of carbonyl (C=O) groups is 3. The van der Waals surface area contributed by atoms with Crippen molar-refractivity contribution in [3.05, 3.63) is 59.2 Å². The number of furan rings is 1. The Morgan fingerprint density at radius 2 is 1.97 bits per heavy atom. The number of hydrogen-bond donors (Lipinski definition) is 1. The quantitative estimate of drug-likeness (QED) is 0.545. The Hall–Kier alpha value is -3.55. The van der Waals surface area contributed by atoms with Gasteiger partial charge in [-0.05, 0) is 43.7 Å². The van der Waals surface area contributed by atoms with Gasteiger partial charge >= 0.3 is 5.97 Å². The van der Waals surface area contributed by atoms with Gasteiger partial charge in [-0.15, -0.1) is 0 Å². The Labute approximate surface area is 185 Å². The maximum absolute atomic E-state index is 13.8. The summed E-state index contributed by atoms with van der Waals surface area (Å²) in [6, 6.07) is 8.68. The minimum absolute atomic E-state index is 0.0507. The maximum atomic E-state index is 13.8. The molecule has 4 rings (SSSR count).